The first-order valence-corrected chi connectivity index (χ1v) is 6.44. The van der Waals surface area contributed by atoms with Gasteiger partial charge >= 0.3 is 5.97 Å². The third-order valence-electron chi connectivity index (χ3n) is 3.05. The smallest absolute Gasteiger partial charge is 0.331 e. The summed E-state index contributed by atoms with van der Waals surface area (Å²) in [6.07, 6.45) is 2.59. The average molecular weight is 286 g/mol. The van der Waals surface area contributed by atoms with Crippen LogP contribution in [0.25, 0.3) is 0 Å². The first-order valence-electron chi connectivity index (χ1n) is 6.44. The van der Waals surface area contributed by atoms with E-state index in [0.717, 1.165) is 0 Å². The number of hydrogen-bond acceptors (Lipinski definition) is 6. The standard InChI is InChI=1S/C14H22O6/c1-5-6-7-8-10(15)20-12-11(16)9(2)19-14(18-4)13(12)17-3/h5-9,11-14,16H,1-4H3/b6-5+,8-7-. The Morgan fingerprint density at radius 1 is 1.20 bits per heavy atom. The monoisotopic (exact) mass is 286 g/mol. The topological polar surface area (TPSA) is 74.2 Å². The summed E-state index contributed by atoms with van der Waals surface area (Å²) < 4.78 is 21.1. The Hall–Kier alpha value is -1.21. The third-order valence-corrected chi connectivity index (χ3v) is 3.05. The molecule has 0 spiro atoms. The molecule has 5 unspecified atom stereocenters. The van der Waals surface area contributed by atoms with Crippen LogP contribution in [0.4, 0.5) is 0 Å². The number of methoxy groups -OCH3 is 2. The zero-order chi connectivity index (χ0) is 15.1. The molecule has 1 aliphatic heterocycles. The second-order valence-corrected chi connectivity index (χ2v) is 4.42. The molecule has 20 heavy (non-hydrogen) atoms. The van der Waals surface area contributed by atoms with E-state index in [2.05, 4.69) is 0 Å². The molecule has 1 N–H and O–H groups in total. The SMILES string of the molecule is C/C=C/C=C\C(=O)OC1C(O)C(C)OC(OC)C1OC. The maximum atomic E-state index is 11.7. The lowest BCUT2D eigenvalue weighted by atomic mass is 9.99. The molecule has 114 valence electrons. The van der Waals surface area contributed by atoms with Gasteiger partial charge in [0.25, 0.3) is 0 Å². The Labute approximate surface area is 119 Å². The molecule has 0 aliphatic carbocycles. The van der Waals surface area contributed by atoms with Crippen molar-refractivity contribution in [2.45, 2.75) is 44.6 Å². The zero-order valence-electron chi connectivity index (χ0n) is 12.2. The Balaban J connectivity index is 2.78. The fourth-order valence-electron chi connectivity index (χ4n) is 1.98. The normalized spacial score (nSPS) is 34.8. The van der Waals surface area contributed by atoms with Crippen molar-refractivity contribution >= 4 is 5.97 Å². The van der Waals surface area contributed by atoms with Gasteiger partial charge < -0.3 is 24.1 Å². The number of aliphatic hydroxyl groups is 1. The van der Waals surface area contributed by atoms with Crippen molar-refractivity contribution in [3.05, 3.63) is 24.3 Å². The van der Waals surface area contributed by atoms with Crippen molar-refractivity contribution in [1.82, 2.24) is 0 Å². The summed E-state index contributed by atoms with van der Waals surface area (Å²) in [4.78, 5) is 11.7. The number of rotatable bonds is 5. The predicted octanol–water partition coefficient (Wildman–Crippen LogP) is 0.798. The molecule has 1 fully saturated rings. The van der Waals surface area contributed by atoms with Crippen LogP contribution in [0.2, 0.25) is 0 Å². The van der Waals surface area contributed by atoms with E-state index in [4.69, 9.17) is 18.9 Å². The molecular weight excluding hydrogens is 264 g/mol. The summed E-state index contributed by atoms with van der Waals surface area (Å²) in [7, 11) is 2.91. The van der Waals surface area contributed by atoms with E-state index in [1.54, 1.807) is 25.2 Å². The summed E-state index contributed by atoms with van der Waals surface area (Å²) in [6, 6.07) is 0. The minimum atomic E-state index is -0.981. The van der Waals surface area contributed by atoms with E-state index in [1.807, 2.05) is 6.92 Å². The van der Waals surface area contributed by atoms with Gasteiger partial charge in [0.2, 0.25) is 0 Å². The number of hydrogen-bond donors (Lipinski definition) is 1. The molecule has 1 aliphatic rings. The van der Waals surface area contributed by atoms with Crippen LogP contribution >= 0.6 is 0 Å². The van der Waals surface area contributed by atoms with Crippen LogP contribution in [-0.4, -0.2) is 56.0 Å². The summed E-state index contributed by atoms with van der Waals surface area (Å²) in [6.45, 7) is 3.52. The van der Waals surface area contributed by atoms with Crippen LogP contribution < -0.4 is 0 Å². The van der Waals surface area contributed by atoms with E-state index >= 15 is 0 Å². The highest BCUT2D eigenvalue weighted by molar-refractivity contribution is 5.82. The molecule has 0 aromatic rings. The van der Waals surface area contributed by atoms with Gasteiger partial charge in [-0.25, -0.2) is 4.79 Å². The van der Waals surface area contributed by atoms with Gasteiger partial charge in [-0.2, -0.15) is 0 Å². The lowest BCUT2D eigenvalue weighted by Crippen LogP contribution is -2.59. The van der Waals surface area contributed by atoms with Crippen LogP contribution in [0.15, 0.2) is 24.3 Å². The Morgan fingerprint density at radius 3 is 2.45 bits per heavy atom. The zero-order valence-corrected chi connectivity index (χ0v) is 12.2. The van der Waals surface area contributed by atoms with Gasteiger partial charge in [0, 0.05) is 20.3 Å². The summed E-state index contributed by atoms with van der Waals surface area (Å²) >= 11 is 0. The van der Waals surface area contributed by atoms with Crippen molar-refractivity contribution in [3.8, 4) is 0 Å². The van der Waals surface area contributed by atoms with Gasteiger partial charge in [-0.05, 0) is 13.8 Å². The average Bonchev–Trinajstić information content (AvgIpc) is 2.43. The Kier molecular flexibility index (Phi) is 6.87. The fraction of sp³-hybridized carbons (Fsp3) is 0.643. The van der Waals surface area contributed by atoms with E-state index in [1.165, 1.54) is 20.3 Å². The van der Waals surface area contributed by atoms with Gasteiger partial charge in [-0.3, -0.25) is 0 Å². The molecule has 6 nitrogen and oxygen atoms in total. The largest absolute Gasteiger partial charge is 0.453 e. The van der Waals surface area contributed by atoms with Crippen molar-refractivity contribution < 1.29 is 28.8 Å². The molecule has 0 aromatic heterocycles. The number of carbonyl (C=O) groups is 1. The number of aliphatic hydroxyl groups excluding tert-OH is 1. The molecular formula is C14H22O6. The second-order valence-electron chi connectivity index (χ2n) is 4.42. The maximum absolute atomic E-state index is 11.7. The first kappa shape index (κ1) is 16.8. The number of ether oxygens (including phenoxy) is 4. The second kappa shape index (κ2) is 8.16. The third kappa shape index (κ3) is 4.14. The molecule has 0 bridgehead atoms. The van der Waals surface area contributed by atoms with Crippen molar-refractivity contribution in [1.29, 1.82) is 0 Å². The molecule has 5 atom stereocenters. The predicted molar refractivity (Wildman–Crippen MR) is 72.0 cm³/mol. The number of carbonyl (C=O) groups excluding carboxylic acids is 1. The van der Waals surface area contributed by atoms with Crippen LogP contribution in [0, 0.1) is 0 Å². The van der Waals surface area contributed by atoms with Gasteiger partial charge in [0.1, 0.15) is 12.2 Å². The summed E-state index contributed by atoms with van der Waals surface area (Å²) in [5, 5.41) is 10.1. The molecule has 1 heterocycles. The van der Waals surface area contributed by atoms with Crippen molar-refractivity contribution in [2.24, 2.45) is 0 Å². The van der Waals surface area contributed by atoms with E-state index in [0.29, 0.717) is 0 Å². The Morgan fingerprint density at radius 2 is 1.90 bits per heavy atom. The molecule has 0 aromatic carbocycles. The number of allylic oxidation sites excluding steroid dienone is 3. The van der Waals surface area contributed by atoms with Gasteiger partial charge in [0.05, 0.1) is 6.10 Å². The lowest BCUT2D eigenvalue weighted by Gasteiger charge is -2.41. The number of esters is 1. The highest BCUT2D eigenvalue weighted by Gasteiger charge is 2.46. The van der Waals surface area contributed by atoms with Crippen LogP contribution in [-0.2, 0) is 23.7 Å². The first-order chi connectivity index (χ1) is 9.54. The lowest BCUT2D eigenvalue weighted by molar-refractivity contribution is -0.293. The van der Waals surface area contributed by atoms with Crippen LogP contribution in [0.3, 0.4) is 0 Å². The van der Waals surface area contributed by atoms with Crippen LogP contribution in [0.5, 0.6) is 0 Å². The highest BCUT2D eigenvalue weighted by atomic mass is 16.7. The van der Waals surface area contributed by atoms with Crippen LogP contribution in [0.1, 0.15) is 13.8 Å². The molecule has 1 saturated heterocycles. The molecule has 0 saturated carbocycles. The minimum absolute atomic E-state index is 0.524. The van der Waals surface area contributed by atoms with Gasteiger partial charge in [0.15, 0.2) is 12.4 Å². The molecule has 1 rings (SSSR count). The summed E-state index contributed by atoms with van der Waals surface area (Å²) in [5.74, 6) is -0.557. The quantitative estimate of drug-likeness (QED) is 0.458. The van der Waals surface area contributed by atoms with E-state index in [9.17, 15) is 9.90 Å². The molecule has 0 radical (unpaired) electrons. The minimum Gasteiger partial charge on any atom is -0.453 e. The van der Waals surface area contributed by atoms with Gasteiger partial charge in [-0.15, -0.1) is 0 Å². The van der Waals surface area contributed by atoms with Gasteiger partial charge in [-0.1, -0.05) is 18.2 Å². The highest BCUT2D eigenvalue weighted by Crippen LogP contribution is 2.25. The van der Waals surface area contributed by atoms with Crippen molar-refractivity contribution in [2.75, 3.05) is 14.2 Å². The Bertz CT molecular complexity index is 365. The van der Waals surface area contributed by atoms with E-state index in [-0.39, 0.29) is 0 Å². The van der Waals surface area contributed by atoms with Crippen molar-refractivity contribution in [3.63, 3.8) is 0 Å². The maximum Gasteiger partial charge on any atom is 0.331 e. The molecule has 6 heteroatoms. The molecule has 0 amide bonds. The van der Waals surface area contributed by atoms with E-state index < -0.39 is 36.7 Å². The fourth-order valence-corrected chi connectivity index (χ4v) is 1.98. The summed E-state index contributed by atoms with van der Waals surface area (Å²) in [5.41, 5.74) is 0.